The summed E-state index contributed by atoms with van der Waals surface area (Å²) in [5.74, 6) is 0.803. The van der Waals surface area contributed by atoms with E-state index in [0.29, 0.717) is 0 Å². The molecule has 0 aliphatic heterocycles. The fourth-order valence-corrected chi connectivity index (χ4v) is 3.24. The van der Waals surface area contributed by atoms with E-state index in [1.54, 1.807) is 24.7 Å². The molecule has 1 heterocycles. The molecule has 0 aliphatic rings. The van der Waals surface area contributed by atoms with Crippen LogP contribution >= 0.6 is 27.3 Å². The van der Waals surface area contributed by atoms with Crippen LogP contribution in [0.25, 0.3) is 0 Å². The van der Waals surface area contributed by atoms with Crippen LogP contribution in [0, 0.1) is 6.92 Å². The molecule has 0 N–H and O–H groups in total. The molecule has 0 aliphatic carbocycles. The molecule has 0 amide bonds. The Hall–Kier alpha value is -1.40. The van der Waals surface area contributed by atoms with Gasteiger partial charge < -0.3 is 9.30 Å². The van der Waals surface area contributed by atoms with Crippen LogP contribution in [0.3, 0.4) is 0 Å². The number of aryl methyl sites for hydroxylation is 1. The van der Waals surface area contributed by atoms with Crippen molar-refractivity contribution in [3.63, 3.8) is 0 Å². The summed E-state index contributed by atoms with van der Waals surface area (Å²) >= 11 is 5.05. The van der Waals surface area contributed by atoms with Crippen molar-refractivity contribution in [3.8, 4) is 5.75 Å². The highest BCUT2D eigenvalue weighted by atomic mass is 79.9. The molecule has 20 heavy (non-hydrogen) atoms. The largest absolute Gasteiger partial charge is 0.496 e. The summed E-state index contributed by atoms with van der Waals surface area (Å²) < 4.78 is 8.22. The van der Waals surface area contributed by atoms with E-state index in [-0.39, 0.29) is 0 Å². The highest BCUT2D eigenvalue weighted by Gasteiger charge is 2.00. The second-order valence-corrected chi connectivity index (χ2v) is 5.83. The Morgan fingerprint density at radius 2 is 2.25 bits per heavy atom. The predicted octanol–water partition coefficient (Wildman–Crippen LogP) is 3.58. The third-order valence-electron chi connectivity index (χ3n) is 2.83. The number of rotatable bonds is 4. The van der Waals surface area contributed by atoms with Crippen molar-refractivity contribution < 1.29 is 4.74 Å². The molecule has 0 radical (unpaired) electrons. The van der Waals surface area contributed by atoms with Crippen LogP contribution in [0.5, 0.6) is 5.75 Å². The molecule has 1 aromatic carbocycles. The standard InChI is InChI=1S/C14H16BrN3OS/c1-4-18-10(2)9-20-14(18)17-16-8-11-5-6-13(19-3)12(15)7-11/h5-9H,4H2,1-3H3/b16-8+,17-14+. The number of thiazole rings is 1. The third-order valence-corrected chi connectivity index (χ3v) is 4.43. The van der Waals surface area contributed by atoms with Crippen molar-refractivity contribution in [3.05, 3.63) is 44.1 Å². The summed E-state index contributed by atoms with van der Waals surface area (Å²) in [4.78, 5) is 0.911. The molecule has 0 atom stereocenters. The van der Waals surface area contributed by atoms with Crippen LogP contribution in [0.15, 0.2) is 38.3 Å². The molecule has 2 aromatic rings. The minimum absolute atomic E-state index is 0.803. The van der Waals surface area contributed by atoms with Gasteiger partial charge in [-0.15, -0.1) is 16.4 Å². The maximum atomic E-state index is 5.19. The molecule has 0 saturated carbocycles. The second kappa shape index (κ2) is 6.85. The Labute approximate surface area is 130 Å². The number of ether oxygens (including phenoxy) is 1. The Morgan fingerprint density at radius 3 is 2.90 bits per heavy atom. The molecule has 1 aromatic heterocycles. The van der Waals surface area contributed by atoms with Gasteiger partial charge in [-0.25, -0.2) is 0 Å². The van der Waals surface area contributed by atoms with E-state index in [1.807, 2.05) is 18.2 Å². The number of halogens is 1. The molecule has 4 nitrogen and oxygen atoms in total. The monoisotopic (exact) mass is 353 g/mol. The molecule has 0 bridgehead atoms. The van der Waals surface area contributed by atoms with Gasteiger partial charge in [0.05, 0.1) is 17.8 Å². The molecular weight excluding hydrogens is 338 g/mol. The van der Waals surface area contributed by atoms with Crippen molar-refractivity contribution in [2.45, 2.75) is 20.4 Å². The van der Waals surface area contributed by atoms with Crippen molar-refractivity contribution in [2.24, 2.45) is 10.2 Å². The molecular formula is C14H16BrN3OS. The van der Waals surface area contributed by atoms with E-state index in [0.717, 1.165) is 27.1 Å². The van der Waals surface area contributed by atoms with Gasteiger partial charge in [0.2, 0.25) is 4.80 Å². The van der Waals surface area contributed by atoms with Gasteiger partial charge in [-0.05, 0) is 53.5 Å². The van der Waals surface area contributed by atoms with Crippen LogP contribution < -0.4 is 9.54 Å². The highest BCUT2D eigenvalue weighted by molar-refractivity contribution is 9.10. The van der Waals surface area contributed by atoms with Crippen LogP contribution in [0.4, 0.5) is 0 Å². The SMILES string of the molecule is CCn1c(C)cs/c1=N/N=C/c1ccc(OC)c(Br)c1. The maximum Gasteiger partial charge on any atom is 0.210 e. The van der Waals surface area contributed by atoms with Crippen molar-refractivity contribution >= 4 is 33.5 Å². The molecule has 0 spiro atoms. The lowest BCUT2D eigenvalue weighted by atomic mass is 10.2. The molecule has 0 fully saturated rings. The van der Waals surface area contributed by atoms with Gasteiger partial charge in [0.1, 0.15) is 5.75 Å². The lowest BCUT2D eigenvalue weighted by Crippen LogP contribution is -2.14. The first kappa shape index (κ1) is 15.0. The Bertz CT molecular complexity index is 688. The van der Waals surface area contributed by atoms with Gasteiger partial charge >= 0.3 is 0 Å². The summed E-state index contributed by atoms with van der Waals surface area (Å²) in [6.45, 7) is 5.07. The van der Waals surface area contributed by atoms with E-state index < -0.39 is 0 Å². The lowest BCUT2D eigenvalue weighted by Gasteiger charge is -2.02. The summed E-state index contributed by atoms with van der Waals surface area (Å²) in [6, 6.07) is 5.79. The summed E-state index contributed by atoms with van der Waals surface area (Å²) in [6.07, 6.45) is 1.74. The molecule has 0 saturated heterocycles. The zero-order valence-corrected chi connectivity index (χ0v) is 14.0. The van der Waals surface area contributed by atoms with Crippen LogP contribution in [0.1, 0.15) is 18.2 Å². The van der Waals surface area contributed by atoms with Crippen molar-refractivity contribution in [1.82, 2.24) is 4.57 Å². The van der Waals surface area contributed by atoms with Crippen molar-refractivity contribution in [2.75, 3.05) is 7.11 Å². The smallest absolute Gasteiger partial charge is 0.210 e. The topological polar surface area (TPSA) is 38.9 Å². The predicted molar refractivity (Wildman–Crippen MR) is 86.6 cm³/mol. The highest BCUT2D eigenvalue weighted by Crippen LogP contribution is 2.24. The fraction of sp³-hybridized carbons (Fsp3) is 0.286. The molecule has 106 valence electrons. The van der Waals surface area contributed by atoms with Crippen molar-refractivity contribution in [1.29, 1.82) is 0 Å². The Morgan fingerprint density at radius 1 is 1.45 bits per heavy atom. The minimum Gasteiger partial charge on any atom is -0.496 e. The number of benzene rings is 1. The number of hydrogen-bond donors (Lipinski definition) is 0. The van der Waals surface area contributed by atoms with Gasteiger partial charge in [0.25, 0.3) is 0 Å². The normalized spacial score (nSPS) is 12.3. The maximum absolute atomic E-state index is 5.19. The van der Waals surface area contributed by atoms with Crippen LogP contribution in [-0.2, 0) is 6.54 Å². The first-order valence-electron chi connectivity index (χ1n) is 6.21. The van der Waals surface area contributed by atoms with E-state index in [2.05, 4.69) is 49.9 Å². The second-order valence-electron chi connectivity index (χ2n) is 4.14. The van der Waals surface area contributed by atoms with Gasteiger partial charge in [-0.1, -0.05) is 0 Å². The average Bonchev–Trinajstić information content (AvgIpc) is 2.79. The van der Waals surface area contributed by atoms with Crippen LogP contribution in [-0.4, -0.2) is 17.9 Å². The fourth-order valence-electron chi connectivity index (χ4n) is 1.79. The van der Waals surface area contributed by atoms with Gasteiger partial charge in [-0.2, -0.15) is 5.10 Å². The molecule has 6 heteroatoms. The van der Waals surface area contributed by atoms with E-state index in [9.17, 15) is 0 Å². The lowest BCUT2D eigenvalue weighted by molar-refractivity contribution is 0.412. The summed E-state index contributed by atoms with van der Waals surface area (Å²) in [7, 11) is 1.64. The number of aromatic nitrogens is 1. The molecule has 0 unspecified atom stereocenters. The molecule has 2 rings (SSSR count). The van der Waals surface area contributed by atoms with E-state index >= 15 is 0 Å². The first-order valence-corrected chi connectivity index (χ1v) is 7.88. The number of hydrogen-bond acceptors (Lipinski definition) is 4. The number of methoxy groups -OCH3 is 1. The van der Waals surface area contributed by atoms with Crippen LogP contribution in [0.2, 0.25) is 0 Å². The Kier molecular flexibility index (Phi) is 5.14. The average molecular weight is 354 g/mol. The minimum atomic E-state index is 0.803. The van der Waals surface area contributed by atoms with Gasteiger partial charge in [-0.3, -0.25) is 0 Å². The zero-order valence-electron chi connectivity index (χ0n) is 11.6. The van der Waals surface area contributed by atoms with E-state index in [1.165, 1.54) is 5.69 Å². The summed E-state index contributed by atoms with van der Waals surface area (Å²) in [5, 5.41) is 10.5. The first-order chi connectivity index (χ1) is 9.65. The van der Waals surface area contributed by atoms with E-state index in [4.69, 9.17) is 4.74 Å². The zero-order chi connectivity index (χ0) is 14.5. The van der Waals surface area contributed by atoms with Gasteiger partial charge in [0, 0.05) is 17.6 Å². The third kappa shape index (κ3) is 3.37. The Balaban J connectivity index is 2.23. The van der Waals surface area contributed by atoms with Gasteiger partial charge in [0.15, 0.2) is 0 Å². The number of nitrogens with zero attached hydrogens (tertiary/aromatic N) is 3. The summed E-state index contributed by atoms with van der Waals surface area (Å²) in [5.41, 5.74) is 2.18. The quantitative estimate of drug-likeness (QED) is 0.611.